The Morgan fingerprint density at radius 1 is 1.24 bits per heavy atom. The number of hydrogen-bond acceptors (Lipinski definition) is 7. The van der Waals surface area contributed by atoms with E-state index in [9.17, 15) is 9.59 Å². The quantitative estimate of drug-likeness (QED) is 0.641. The number of methoxy groups -OCH3 is 2. The summed E-state index contributed by atoms with van der Waals surface area (Å²) in [6.45, 7) is 1.43. The molecular formula is C20H26N4O4S. The molecule has 1 atom stereocenters. The topological polar surface area (TPSA) is 92.8 Å². The smallest absolute Gasteiger partial charge is 0.274 e. The summed E-state index contributed by atoms with van der Waals surface area (Å²) in [7, 11) is 3.20. The van der Waals surface area contributed by atoms with E-state index < -0.39 is 6.04 Å². The predicted molar refractivity (Wildman–Crippen MR) is 112 cm³/mol. The van der Waals surface area contributed by atoms with Crippen molar-refractivity contribution in [3.8, 4) is 5.75 Å². The fourth-order valence-corrected chi connectivity index (χ4v) is 3.92. The van der Waals surface area contributed by atoms with Gasteiger partial charge in [-0.05, 0) is 43.5 Å². The van der Waals surface area contributed by atoms with Gasteiger partial charge >= 0.3 is 0 Å². The summed E-state index contributed by atoms with van der Waals surface area (Å²) in [5, 5.41) is 8.38. The Bertz CT molecular complexity index is 824. The van der Waals surface area contributed by atoms with Gasteiger partial charge in [0.2, 0.25) is 5.91 Å². The maximum Gasteiger partial charge on any atom is 0.274 e. The molecule has 9 heteroatoms. The summed E-state index contributed by atoms with van der Waals surface area (Å²) < 4.78 is 10.1. The van der Waals surface area contributed by atoms with Crippen LogP contribution in [0.4, 0.5) is 10.8 Å². The van der Waals surface area contributed by atoms with Gasteiger partial charge in [0.25, 0.3) is 5.91 Å². The van der Waals surface area contributed by atoms with Gasteiger partial charge in [-0.25, -0.2) is 4.98 Å². The Hall–Kier alpha value is -2.65. The zero-order chi connectivity index (χ0) is 20.6. The Morgan fingerprint density at radius 3 is 2.76 bits per heavy atom. The van der Waals surface area contributed by atoms with Crippen molar-refractivity contribution in [3.05, 3.63) is 35.3 Å². The zero-order valence-electron chi connectivity index (χ0n) is 16.6. The van der Waals surface area contributed by atoms with Crippen LogP contribution in [0.25, 0.3) is 0 Å². The van der Waals surface area contributed by atoms with E-state index in [-0.39, 0.29) is 11.8 Å². The molecule has 156 valence electrons. The van der Waals surface area contributed by atoms with Crippen LogP contribution in [0, 0.1) is 0 Å². The van der Waals surface area contributed by atoms with E-state index >= 15 is 0 Å². The van der Waals surface area contributed by atoms with Gasteiger partial charge < -0.3 is 25.0 Å². The van der Waals surface area contributed by atoms with Gasteiger partial charge in [-0.15, -0.1) is 11.3 Å². The molecular weight excluding hydrogens is 392 g/mol. The number of carbonyl (C=O) groups is 2. The lowest BCUT2D eigenvalue weighted by atomic mass is 10.0. The first kappa shape index (κ1) is 21.1. The maximum absolute atomic E-state index is 13.0. The van der Waals surface area contributed by atoms with E-state index in [1.54, 1.807) is 24.5 Å². The average molecular weight is 419 g/mol. The third-order valence-electron chi connectivity index (χ3n) is 4.74. The van der Waals surface area contributed by atoms with Crippen LogP contribution in [0.1, 0.15) is 29.8 Å². The summed E-state index contributed by atoms with van der Waals surface area (Å²) >= 11 is 1.36. The van der Waals surface area contributed by atoms with Gasteiger partial charge in [-0.3, -0.25) is 9.59 Å². The van der Waals surface area contributed by atoms with Crippen molar-refractivity contribution in [1.29, 1.82) is 0 Å². The van der Waals surface area contributed by atoms with Crippen molar-refractivity contribution in [2.24, 2.45) is 0 Å². The zero-order valence-corrected chi connectivity index (χ0v) is 17.5. The van der Waals surface area contributed by atoms with Gasteiger partial charge in [0.1, 0.15) is 17.5 Å². The van der Waals surface area contributed by atoms with Crippen LogP contribution >= 0.6 is 11.3 Å². The molecule has 1 aromatic heterocycles. The molecule has 1 aliphatic rings. The molecule has 1 aliphatic heterocycles. The number of piperidine rings is 1. The summed E-state index contributed by atoms with van der Waals surface area (Å²) in [5.41, 5.74) is 1.20. The fourth-order valence-electron chi connectivity index (χ4n) is 3.22. The first-order chi connectivity index (χ1) is 14.1. The minimum Gasteiger partial charge on any atom is -0.497 e. The number of nitrogens with one attached hydrogen (secondary N) is 2. The molecule has 2 aromatic rings. The molecule has 1 saturated heterocycles. The number of benzene rings is 1. The summed E-state index contributed by atoms with van der Waals surface area (Å²) in [6, 6.07) is 7.00. The number of amides is 2. The highest BCUT2D eigenvalue weighted by molar-refractivity contribution is 7.14. The minimum absolute atomic E-state index is 0.137. The van der Waals surface area contributed by atoms with Crippen molar-refractivity contribution in [3.63, 3.8) is 0 Å². The lowest BCUT2D eigenvalue weighted by molar-refractivity contribution is -0.126. The lowest BCUT2D eigenvalue weighted by Gasteiger charge is -2.34. The highest BCUT2D eigenvalue weighted by Crippen LogP contribution is 2.25. The molecule has 2 N–H and O–H groups in total. The van der Waals surface area contributed by atoms with Gasteiger partial charge in [0.05, 0.1) is 13.7 Å². The molecule has 0 radical (unpaired) electrons. The van der Waals surface area contributed by atoms with Crippen LogP contribution in [0.5, 0.6) is 5.75 Å². The minimum atomic E-state index is -0.465. The average Bonchev–Trinajstić information content (AvgIpc) is 3.22. The number of anilines is 2. The number of rotatable bonds is 8. The summed E-state index contributed by atoms with van der Waals surface area (Å²) in [6.07, 6.45) is 2.47. The van der Waals surface area contributed by atoms with Gasteiger partial charge in [-0.1, -0.05) is 0 Å². The third kappa shape index (κ3) is 5.45. The van der Waals surface area contributed by atoms with Crippen LogP contribution in [-0.4, -0.2) is 61.7 Å². The number of aromatic nitrogens is 1. The Kier molecular flexibility index (Phi) is 7.42. The number of nitrogens with zero attached hydrogens (tertiary/aromatic N) is 2. The molecule has 29 heavy (non-hydrogen) atoms. The van der Waals surface area contributed by atoms with Crippen LogP contribution in [0.15, 0.2) is 29.6 Å². The van der Waals surface area contributed by atoms with Crippen molar-refractivity contribution < 1.29 is 19.1 Å². The lowest BCUT2D eigenvalue weighted by Crippen LogP contribution is -2.52. The van der Waals surface area contributed by atoms with Crippen LogP contribution in [-0.2, 0) is 9.53 Å². The normalized spacial score (nSPS) is 16.3. The first-order valence-corrected chi connectivity index (χ1v) is 10.4. The maximum atomic E-state index is 13.0. The Morgan fingerprint density at radius 2 is 2.03 bits per heavy atom. The fraction of sp³-hybridized carbons (Fsp3) is 0.450. The van der Waals surface area contributed by atoms with Crippen LogP contribution < -0.4 is 15.4 Å². The SMILES string of the molecule is COCCNC(=O)[C@@H]1CCCCN1C(=O)c1csc(Nc2ccc(OC)cc2)n1. The molecule has 1 aromatic carbocycles. The standard InChI is InChI=1S/C20H26N4O4S/c1-27-12-10-21-18(25)17-5-3-4-11-24(17)19(26)16-13-29-20(23-16)22-14-6-8-15(28-2)9-7-14/h6-9,13,17H,3-5,10-12H2,1-2H3,(H,21,25)(H,22,23)/t17-/m0/s1. The molecule has 2 heterocycles. The molecule has 0 saturated carbocycles. The number of thiazole rings is 1. The summed E-state index contributed by atoms with van der Waals surface area (Å²) in [4.78, 5) is 31.6. The van der Waals surface area contributed by atoms with E-state index in [1.165, 1.54) is 11.3 Å². The van der Waals surface area contributed by atoms with Crippen molar-refractivity contribution >= 4 is 34.0 Å². The number of ether oxygens (including phenoxy) is 2. The second-order valence-electron chi connectivity index (χ2n) is 6.69. The molecule has 0 unspecified atom stereocenters. The summed E-state index contributed by atoms with van der Waals surface area (Å²) in [5.74, 6) is 0.419. The van der Waals surface area contributed by atoms with Crippen molar-refractivity contribution in [1.82, 2.24) is 15.2 Å². The van der Waals surface area contributed by atoms with E-state index in [0.29, 0.717) is 36.9 Å². The van der Waals surface area contributed by atoms with Crippen molar-refractivity contribution in [2.75, 3.05) is 39.2 Å². The second kappa shape index (κ2) is 10.2. The van der Waals surface area contributed by atoms with Gasteiger partial charge in [0, 0.05) is 31.3 Å². The van der Waals surface area contributed by atoms with E-state index in [0.717, 1.165) is 24.3 Å². The molecule has 0 aliphatic carbocycles. The first-order valence-electron chi connectivity index (χ1n) is 9.56. The molecule has 8 nitrogen and oxygen atoms in total. The van der Waals surface area contributed by atoms with Crippen molar-refractivity contribution in [2.45, 2.75) is 25.3 Å². The number of likely N-dealkylation sites (tertiary alicyclic amines) is 1. The van der Waals surface area contributed by atoms with E-state index in [2.05, 4.69) is 15.6 Å². The predicted octanol–water partition coefficient (Wildman–Crippen LogP) is 2.65. The van der Waals surface area contributed by atoms with Gasteiger partial charge in [-0.2, -0.15) is 0 Å². The molecule has 3 rings (SSSR count). The van der Waals surface area contributed by atoms with Crippen LogP contribution in [0.3, 0.4) is 0 Å². The Balaban J connectivity index is 1.65. The van der Waals surface area contributed by atoms with E-state index in [1.807, 2.05) is 24.3 Å². The van der Waals surface area contributed by atoms with Crippen LogP contribution in [0.2, 0.25) is 0 Å². The van der Waals surface area contributed by atoms with Gasteiger partial charge in [0.15, 0.2) is 5.13 Å². The van der Waals surface area contributed by atoms with E-state index in [4.69, 9.17) is 9.47 Å². The highest BCUT2D eigenvalue weighted by Gasteiger charge is 2.33. The molecule has 1 fully saturated rings. The molecule has 0 bridgehead atoms. The third-order valence-corrected chi connectivity index (χ3v) is 5.49. The molecule has 2 amide bonds. The largest absolute Gasteiger partial charge is 0.497 e. The number of carbonyl (C=O) groups excluding carboxylic acids is 2. The highest BCUT2D eigenvalue weighted by atomic mass is 32.1. The Labute approximate surface area is 174 Å². The second-order valence-corrected chi connectivity index (χ2v) is 7.54. The molecule has 0 spiro atoms. The number of hydrogen-bond donors (Lipinski definition) is 2. The monoisotopic (exact) mass is 418 g/mol.